The molecule has 1 heterocycles. The Hall–Kier alpha value is -1.46. The van der Waals surface area contributed by atoms with Gasteiger partial charge < -0.3 is 5.73 Å². The van der Waals surface area contributed by atoms with E-state index in [0.717, 1.165) is 0 Å². The van der Waals surface area contributed by atoms with Crippen molar-refractivity contribution in [3.05, 3.63) is 18.0 Å². The van der Waals surface area contributed by atoms with Crippen LogP contribution >= 0.6 is 0 Å². The summed E-state index contributed by atoms with van der Waals surface area (Å²) in [6.45, 7) is 0. The minimum atomic E-state index is -2.43. The molecule has 0 spiro atoms. The number of rotatable bonds is 1. The number of halogens is 2. The minimum absolute atomic E-state index is 0.134. The van der Waals surface area contributed by atoms with Gasteiger partial charge in [0.2, 0.25) is 6.41 Å². The third-order valence-corrected chi connectivity index (χ3v) is 0.757. The number of nitrogens with zero attached hydrogens (tertiary/aromatic N) is 1. The van der Waals surface area contributed by atoms with E-state index >= 15 is 0 Å². The van der Waals surface area contributed by atoms with Crippen LogP contribution in [0.15, 0.2) is 12.3 Å². The van der Waals surface area contributed by atoms with Gasteiger partial charge >= 0.3 is 0 Å². The maximum absolute atomic E-state index is 11.5. The van der Waals surface area contributed by atoms with Gasteiger partial charge in [-0.1, -0.05) is 0 Å². The van der Waals surface area contributed by atoms with Gasteiger partial charge in [-0.15, -0.1) is 0 Å². The molecule has 3 N–H and O–H groups in total. The van der Waals surface area contributed by atoms with E-state index in [1.54, 1.807) is 0 Å². The van der Waals surface area contributed by atoms with Crippen molar-refractivity contribution >= 4 is 6.41 Å². The molecular weight excluding hydrogens is 156 g/mol. The first kappa shape index (κ1) is 9.54. The molecular formula is C5H7F2N3O. The quantitative estimate of drug-likeness (QED) is 0.590. The lowest BCUT2D eigenvalue weighted by atomic mass is 10.5. The van der Waals surface area contributed by atoms with Crippen LogP contribution in [-0.4, -0.2) is 16.6 Å². The lowest BCUT2D eigenvalue weighted by Crippen LogP contribution is -1.82. The fourth-order valence-corrected chi connectivity index (χ4v) is 0.388. The lowest BCUT2D eigenvalue weighted by molar-refractivity contribution is -0.106. The zero-order valence-electron chi connectivity index (χ0n) is 5.50. The van der Waals surface area contributed by atoms with Gasteiger partial charge in [0.25, 0.3) is 6.43 Å². The summed E-state index contributed by atoms with van der Waals surface area (Å²) in [5.74, 6) is 0. The molecule has 0 aromatic carbocycles. The summed E-state index contributed by atoms with van der Waals surface area (Å²) in [6.07, 6.45) is -0.890. The Morgan fingerprint density at radius 2 is 2.27 bits per heavy atom. The van der Waals surface area contributed by atoms with Gasteiger partial charge in [0.15, 0.2) is 0 Å². The molecule has 0 aliphatic rings. The van der Waals surface area contributed by atoms with Crippen molar-refractivity contribution in [3.63, 3.8) is 0 Å². The molecule has 0 aliphatic carbocycles. The van der Waals surface area contributed by atoms with Crippen LogP contribution in [0, 0.1) is 0 Å². The summed E-state index contributed by atoms with van der Waals surface area (Å²) in [7, 11) is 0. The maximum atomic E-state index is 11.5. The molecule has 6 heteroatoms. The highest BCUT2D eigenvalue weighted by atomic mass is 19.3. The average molecular weight is 163 g/mol. The maximum Gasteiger partial charge on any atom is 0.279 e. The molecule has 1 aromatic rings. The van der Waals surface area contributed by atoms with E-state index in [9.17, 15) is 8.78 Å². The van der Waals surface area contributed by atoms with E-state index in [4.69, 9.17) is 4.79 Å². The van der Waals surface area contributed by atoms with Crippen molar-refractivity contribution in [2.45, 2.75) is 6.43 Å². The summed E-state index contributed by atoms with van der Waals surface area (Å²) < 4.78 is 23.1. The Labute approximate surface area is 61.4 Å². The van der Waals surface area contributed by atoms with E-state index in [1.165, 1.54) is 12.3 Å². The molecule has 1 aromatic heterocycles. The van der Waals surface area contributed by atoms with Gasteiger partial charge in [-0.3, -0.25) is 9.89 Å². The topological polar surface area (TPSA) is 71.8 Å². The molecule has 0 unspecified atom stereocenters. The Morgan fingerprint density at radius 1 is 1.73 bits per heavy atom. The SMILES string of the molecule is FC(F)c1ccn[nH]1.NC=O. The Kier molecular flexibility index (Phi) is 4.63. The molecule has 11 heavy (non-hydrogen) atoms. The number of nitrogens with two attached hydrogens (primary N) is 1. The van der Waals surface area contributed by atoms with Crippen molar-refractivity contribution in [1.29, 1.82) is 0 Å². The second-order valence-electron chi connectivity index (χ2n) is 1.45. The van der Waals surface area contributed by atoms with E-state index < -0.39 is 6.43 Å². The highest BCUT2D eigenvalue weighted by Crippen LogP contribution is 2.13. The van der Waals surface area contributed by atoms with Crippen LogP contribution in [0.1, 0.15) is 12.1 Å². The van der Waals surface area contributed by atoms with Crippen molar-refractivity contribution < 1.29 is 13.6 Å². The second kappa shape index (κ2) is 5.33. The van der Waals surface area contributed by atoms with Crippen LogP contribution in [0.3, 0.4) is 0 Å². The number of aromatic amines is 1. The van der Waals surface area contributed by atoms with Crippen LogP contribution in [0.2, 0.25) is 0 Å². The zero-order chi connectivity index (χ0) is 8.69. The number of nitrogens with one attached hydrogen (secondary N) is 1. The molecule has 62 valence electrons. The molecule has 4 nitrogen and oxygen atoms in total. The lowest BCUT2D eigenvalue weighted by Gasteiger charge is -1.87. The summed E-state index contributed by atoms with van der Waals surface area (Å²) >= 11 is 0. The molecule has 0 aliphatic heterocycles. The molecule has 0 bridgehead atoms. The molecule has 0 radical (unpaired) electrons. The first-order valence-electron chi connectivity index (χ1n) is 2.65. The Morgan fingerprint density at radius 3 is 2.45 bits per heavy atom. The van der Waals surface area contributed by atoms with Crippen molar-refractivity contribution in [2.24, 2.45) is 5.73 Å². The smallest absolute Gasteiger partial charge is 0.279 e. The fourth-order valence-electron chi connectivity index (χ4n) is 0.388. The molecule has 1 amide bonds. The number of hydrogen-bond acceptors (Lipinski definition) is 2. The highest BCUT2D eigenvalue weighted by Gasteiger charge is 2.05. The summed E-state index contributed by atoms with van der Waals surface area (Å²) in [5, 5.41) is 5.48. The average Bonchev–Trinajstić information content (AvgIpc) is 2.38. The summed E-state index contributed by atoms with van der Waals surface area (Å²) in [6, 6.07) is 1.24. The van der Waals surface area contributed by atoms with Crippen LogP contribution in [0.5, 0.6) is 0 Å². The summed E-state index contributed by atoms with van der Waals surface area (Å²) in [5.41, 5.74) is 4.03. The van der Waals surface area contributed by atoms with Gasteiger partial charge in [-0.05, 0) is 6.07 Å². The third-order valence-electron chi connectivity index (χ3n) is 0.757. The van der Waals surface area contributed by atoms with Crippen LogP contribution in [0.25, 0.3) is 0 Å². The Balaban J connectivity index is 0.000000292. The number of primary amides is 1. The van der Waals surface area contributed by atoms with Crippen molar-refractivity contribution in [2.75, 3.05) is 0 Å². The van der Waals surface area contributed by atoms with Crippen molar-refractivity contribution in [1.82, 2.24) is 10.2 Å². The number of aromatic nitrogens is 2. The molecule has 0 atom stereocenters. The highest BCUT2D eigenvalue weighted by molar-refractivity contribution is 5.42. The van der Waals surface area contributed by atoms with Crippen molar-refractivity contribution in [3.8, 4) is 0 Å². The predicted molar refractivity (Wildman–Crippen MR) is 33.8 cm³/mol. The van der Waals surface area contributed by atoms with Crippen LogP contribution in [-0.2, 0) is 4.79 Å². The van der Waals surface area contributed by atoms with E-state index in [0.29, 0.717) is 0 Å². The van der Waals surface area contributed by atoms with Gasteiger partial charge in [-0.25, -0.2) is 8.78 Å². The van der Waals surface area contributed by atoms with Crippen LogP contribution in [0.4, 0.5) is 8.78 Å². The van der Waals surface area contributed by atoms with E-state index in [1.807, 2.05) is 0 Å². The Bertz CT molecular complexity index is 188. The number of amides is 1. The standard InChI is InChI=1S/C4H4F2N2.CH3NO/c5-4(6)3-1-2-7-8-3;2-1-3/h1-2,4H,(H,7,8);1H,(H2,2,3). The van der Waals surface area contributed by atoms with E-state index in [2.05, 4.69) is 15.9 Å². The van der Waals surface area contributed by atoms with Gasteiger partial charge in [0, 0.05) is 6.20 Å². The summed E-state index contributed by atoms with van der Waals surface area (Å²) in [4.78, 5) is 8.58. The largest absolute Gasteiger partial charge is 0.372 e. The monoisotopic (exact) mass is 163 g/mol. The first-order chi connectivity index (χ1) is 5.22. The minimum Gasteiger partial charge on any atom is -0.372 e. The number of hydrogen-bond donors (Lipinski definition) is 2. The molecule has 0 saturated heterocycles. The number of carbonyl (C=O) groups is 1. The fraction of sp³-hybridized carbons (Fsp3) is 0.200. The number of carbonyl (C=O) groups excluding carboxylic acids is 1. The molecule has 0 fully saturated rings. The normalized spacial score (nSPS) is 8.64. The third kappa shape index (κ3) is 4.01. The number of alkyl halides is 2. The van der Waals surface area contributed by atoms with E-state index in [-0.39, 0.29) is 12.1 Å². The predicted octanol–water partition coefficient (Wildman–Crippen LogP) is 0.449. The molecule has 1 rings (SSSR count). The zero-order valence-corrected chi connectivity index (χ0v) is 5.50. The number of H-pyrrole nitrogens is 1. The van der Waals surface area contributed by atoms with Crippen LogP contribution < -0.4 is 5.73 Å². The second-order valence-corrected chi connectivity index (χ2v) is 1.45. The van der Waals surface area contributed by atoms with Gasteiger partial charge in [0.1, 0.15) is 5.69 Å². The first-order valence-corrected chi connectivity index (χ1v) is 2.65. The van der Waals surface area contributed by atoms with Gasteiger partial charge in [0.05, 0.1) is 0 Å². The van der Waals surface area contributed by atoms with Gasteiger partial charge in [-0.2, -0.15) is 5.10 Å². The molecule has 0 saturated carbocycles.